The Bertz CT molecular complexity index is 471. The van der Waals surface area contributed by atoms with Gasteiger partial charge in [0.1, 0.15) is 10.9 Å². The van der Waals surface area contributed by atoms with Gasteiger partial charge in [0.25, 0.3) is 0 Å². The maximum Gasteiger partial charge on any atom is 0.323 e. The van der Waals surface area contributed by atoms with Crippen molar-refractivity contribution in [3.05, 3.63) is 47.2 Å². The molecule has 82 valence electrons. The first-order valence-corrected chi connectivity index (χ1v) is 5.41. The van der Waals surface area contributed by atoms with Crippen LogP contribution in [-0.4, -0.2) is 9.97 Å². The van der Waals surface area contributed by atoms with E-state index in [4.69, 9.17) is 16.3 Å². The highest BCUT2D eigenvalue weighted by molar-refractivity contribution is 6.29. The molecule has 1 aromatic carbocycles. The fraction of sp³-hybridized carbons (Fsp3) is 0.167. The highest BCUT2D eigenvalue weighted by Gasteiger charge is 2.00. The second-order valence-corrected chi connectivity index (χ2v) is 3.65. The Morgan fingerprint density at radius 2 is 1.94 bits per heavy atom. The fourth-order valence-corrected chi connectivity index (χ4v) is 1.40. The quantitative estimate of drug-likeness (QED) is 0.763. The van der Waals surface area contributed by atoms with E-state index in [0.717, 1.165) is 6.42 Å². The third-order valence-corrected chi connectivity index (χ3v) is 2.35. The average molecular weight is 235 g/mol. The number of halogens is 1. The van der Waals surface area contributed by atoms with Crippen LogP contribution in [0.5, 0.6) is 11.8 Å². The molecule has 0 aliphatic heterocycles. The predicted octanol–water partition coefficient (Wildman–Crippen LogP) is 3.48. The van der Waals surface area contributed by atoms with E-state index in [2.05, 4.69) is 16.9 Å². The highest BCUT2D eigenvalue weighted by atomic mass is 35.5. The molecule has 0 saturated heterocycles. The van der Waals surface area contributed by atoms with E-state index in [9.17, 15) is 0 Å². The molecule has 0 amide bonds. The Morgan fingerprint density at radius 1 is 1.19 bits per heavy atom. The number of benzene rings is 1. The predicted molar refractivity (Wildman–Crippen MR) is 62.9 cm³/mol. The molecule has 2 aromatic rings. The van der Waals surface area contributed by atoms with E-state index >= 15 is 0 Å². The Kier molecular flexibility index (Phi) is 3.37. The molecule has 0 fully saturated rings. The summed E-state index contributed by atoms with van der Waals surface area (Å²) in [7, 11) is 0. The standard InChI is InChI=1S/C12H11ClN2O/c1-2-9-3-5-10(6-4-9)16-12-14-8-7-11(13)15-12/h3-8H,2H2,1H3. The summed E-state index contributed by atoms with van der Waals surface area (Å²) in [6.07, 6.45) is 2.57. The van der Waals surface area contributed by atoms with Crippen LogP contribution in [0.1, 0.15) is 12.5 Å². The van der Waals surface area contributed by atoms with Gasteiger partial charge in [-0.15, -0.1) is 0 Å². The van der Waals surface area contributed by atoms with Gasteiger partial charge in [-0.1, -0.05) is 30.7 Å². The Hall–Kier alpha value is -1.61. The molecular formula is C12H11ClN2O. The van der Waals surface area contributed by atoms with Crippen molar-refractivity contribution in [1.29, 1.82) is 0 Å². The zero-order chi connectivity index (χ0) is 11.4. The monoisotopic (exact) mass is 234 g/mol. The summed E-state index contributed by atoms with van der Waals surface area (Å²) in [6.45, 7) is 2.11. The maximum absolute atomic E-state index is 5.73. The first-order valence-electron chi connectivity index (χ1n) is 5.03. The Labute approximate surface area is 99.1 Å². The molecule has 4 heteroatoms. The summed E-state index contributed by atoms with van der Waals surface area (Å²) < 4.78 is 5.45. The molecule has 0 saturated carbocycles. The second kappa shape index (κ2) is 4.94. The topological polar surface area (TPSA) is 35.0 Å². The van der Waals surface area contributed by atoms with Gasteiger partial charge in [0.05, 0.1) is 0 Å². The van der Waals surface area contributed by atoms with Gasteiger partial charge in [0.2, 0.25) is 0 Å². The molecule has 2 rings (SSSR count). The highest BCUT2D eigenvalue weighted by Crippen LogP contribution is 2.19. The molecule has 0 radical (unpaired) electrons. The van der Waals surface area contributed by atoms with E-state index in [1.54, 1.807) is 12.3 Å². The first-order chi connectivity index (χ1) is 7.78. The lowest BCUT2D eigenvalue weighted by Crippen LogP contribution is -1.91. The Morgan fingerprint density at radius 3 is 2.56 bits per heavy atom. The lowest BCUT2D eigenvalue weighted by molar-refractivity contribution is 0.442. The lowest BCUT2D eigenvalue weighted by Gasteiger charge is -2.04. The number of aryl methyl sites for hydroxylation is 1. The molecule has 0 N–H and O–H groups in total. The summed E-state index contributed by atoms with van der Waals surface area (Å²) in [5, 5.41) is 0.371. The van der Waals surface area contributed by atoms with Crippen LogP contribution in [0.25, 0.3) is 0 Å². The third-order valence-electron chi connectivity index (χ3n) is 2.14. The molecule has 3 nitrogen and oxygen atoms in total. The van der Waals surface area contributed by atoms with Crippen molar-refractivity contribution in [2.45, 2.75) is 13.3 Å². The van der Waals surface area contributed by atoms with Crippen molar-refractivity contribution in [3.63, 3.8) is 0 Å². The summed E-state index contributed by atoms with van der Waals surface area (Å²) in [4.78, 5) is 7.90. The van der Waals surface area contributed by atoms with Gasteiger partial charge in [-0.2, -0.15) is 4.98 Å². The van der Waals surface area contributed by atoms with Gasteiger partial charge in [-0.25, -0.2) is 4.98 Å². The van der Waals surface area contributed by atoms with Crippen molar-refractivity contribution in [3.8, 4) is 11.8 Å². The van der Waals surface area contributed by atoms with Gasteiger partial charge in [0.15, 0.2) is 0 Å². The van der Waals surface area contributed by atoms with Gasteiger partial charge in [0, 0.05) is 6.20 Å². The van der Waals surface area contributed by atoms with Crippen molar-refractivity contribution < 1.29 is 4.74 Å². The third kappa shape index (κ3) is 2.70. The molecule has 0 unspecified atom stereocenters. The van der Waals surface area contributed by atoms with Crippen LogP contribution in [0.3, 0.4) is 0 Å². The fourth-order valence-electron chi connectivity index (χ4n) is 1.27. The van der Waals surface area contributed by atoms with E-state index in [1.807, 2.05) is 24.3 Å². The molecule has 0 aliphatic carbocycles. The minimum absolute atomic E-state index is 0.261. The number of aromatic nitrogens is 2. The molecule has 0 atom stereocenters. The van der Waals surface area contributed by atoms with Crippen LogP contribution in [0.4, 0.5) is 0 Å². The molecular weight excluding hydrogens is 224 g/mol. The average Bonchev–Trinajstić information content (AvgIpc) is 2.30. The zero-order valence-corrected chi connectivity index (χ0v) is 9.61. The number of hydrogen-bond acceptors (Lipinski definition) is 3. The number of nitrogens with zero attached hydrogens (tertiary/aromatic N) is 2. The minimum atomic E-state index is 0.261. The van der Waals surface area contributed by atoms with E-state index in [1.165, 1.54) is 5.56 Å². The van der Waals surface area contributed by atoms with Crippen molar-refractivity contribution in [2.24, 2.45) is 0 Å². The number of hydrogen-bond donors (Lipinski definition) is 0. The van der Waals surface area contributed by atoms with E-state index in [-0.39, 0.29) is 6.01 Å². The first kappa shape index (κ1) is 10.9. The van der Waals surface area contributed by atoms with Gasteiger partial charge in [-0.05, 0) is 30.2 Å². The summed E-state index contributed by atoms with van der Waals surface area (Å²) in [5.41, 5.74) is 1.26. The smallest absolute Gasteiger partial charge is 0.323 e. The molecule has 16 heavy (non-hydrogen) atoms. The second-order valence-electron chi connectivity index (χ2n) is 3.26. The minimum Gasteiger partial charge on any atom is -0.424 e. The van der Waals surface area contributed by atoms with Crippen LogP contribution in [0.15, 0.2) is 36.5 Å². The zero-order valence-electron chi connectivity index (χ0n) is 8.85. The number of rotatable bonds is 3. The SMILES string of the molecule is CCc1ccc(Oc2nccc(Cl)n2)cc1. The van der Waals surface area contributed by atoms with Crippen molar-refractivity contribution >= 4 is 11.6 Å². The van der Waals surface area contributed by atoms with Crippen LogP contribution in [0.2, 0.25) is 5.15 Å². The van der Waals surface area contributed by atoms with Crippen LogP contribution < -0.4 is 4.74 Å². The molecule has 0 spiro atoms. The molecule has 1 aromatic heterocycles. The summed E-state index contributed by atoms with van der Waals surface area (Å²) >= 11 is 5.73. The van der Waals surface area contributed by atoms with Crippen LogP contribution in [0, 0.1) is 0 Å². The van der Waals surface area contributed by atoms with Crippen LogP contribution in [-0.2, 0) is 6.42 Å². The number of ether oxygens (including phenoxy) is 1. The van der Waals surface area contributed by atoms with E-state index < -0.39 is 0 Å². The van der Waals surface area contributed by atoms with Gasteiger partial charge >= 0.3 is 6.01 Å². The van der Waals surface area contributed by atoms with E-state index in [0.29, 0.717) is 10.9 Å². The normalized spacial score (nSPS) is 10.1. The lowest BCUT2D eigenvalue weighted by atomic mass is 10.2. The summed E-state index contributed by atoms with van der Waals surface area (Å²) in [6, 6.07) is 9.68. The Balaban J connectivity index is 2.14. The largest absolute Gasteiger partial charge is 0.424 e. The summed E-state index contributed by atoms with van der Waals surface area (Å²) in [5.74, 6) is 0.708. The van der Waals surface area contributed by atoms with Crippen LogP contribution >= 0.6 is 11.6 Å². The molecule has 0 aliphatic rings. The molecule has 0 bridgehead atoms. The maximum atomic E-state index is 5.73. The van der Waals surface area contributed by atoms with Gasteiger partial charge < -0.3 is 4.74 Å². The van der Waals surface area contributed by atoms with Crippen molar-refractivity contribution in [1.82, 2.24) is 9.97 Å². The van der Waals surface area contributed by atoms with Crippen molar-refractivity contribution in [2.75, 3.05) is 0 Å². The molecule has 1 heterocycles. The van der Waals surface area contributed by atoms with Gasteiger partial charge in [-0.3, -0.25) is 0 Å².